The summed E-state index contributed by atoms with van der Waals surface area (Å²) in [6.45, 7) is 18.5. The van der Waals surface area contributed by atoms with Crippen LogP contribution in [0.15, 0.2) is 13.2 Å². The van der Waals surface area contributed by atoms with Gasteiger partial charge in [0.25, 0.3) is 0 Å². The van der Waals surface area contributed by atoms with Crippen molar-refractivity contribution in [3.63, 3.8) is 0 Å². The van der Waals surface area contributed by atoms with Gasteiger partial charge in [-0.25, -0.2) is 0 Å². The molecular formula is C8H23O2PSi2. The van der Waals surface area contributed by atoms with E-state index in [-0.39, 0.29) is 0 Å². The highest BCUT2D eigenvalue weighted by molar-refractivity contribution is 7.83. The van der Waals surface area contributed by atoms with Gasteiger partial charge in [0.1, 0.15) is 7.74 Å². The molecule has 0 saturated heterocycles. The molecule has 5 heteroatoms. The van der Waals surface area contributed by atoms with Gasteiger partial charge < -0.3 is 8.78 Å². The minimum atomic E-state index is -1.71. The fraction of sp³-hybridized carbons (Fsp3) is 0.750. The summed E-state index contributed by atoms with van der Waals surface area (Å²) in [6.07, 6.45) is 0. The largest absolute Gasteiger partial charge is 0.376 e. The first-order valence-corrected chi connectivity index (χ1v) is 13.6. The normalized spacial score (nSPS) is 14.3. The molecule has 0 radical (unpaired) electrons. The summed E-state index contributed by atoms with van der Waals surface area (Å²) in [6, 6.07) is 0. The number of hydrogen-bond acceptors (Lipinski definition) is 2. The maximum Gasteiger partial charge on any atom is 0.191 e. The summed E-state index contributed by atoms with van der Waals surface area (Å²) >= 11 is 0. The summed E-state index contributed by atoms with van der Waals surface area (Å²) in [4.78, 5) is 0. The SMILES string of the molecule is C=C.C[Si](C)(C)O[PH](=O)[Si](C)(C)C. The van der Waals surface area contributed by atoms with E-state index in [4.69, 9.17) is 4.21 Å². The van der Waals surface area contributed by atoms with Crippen LogP contribution in [0.3, 0.4) is 0 Å². The van der Waals surface area contributed by atoms with E-state index in [1.165, 1.54) is 0 Å². The first-order valence-electron chi connectivity index (χ1n) is 4.36. The molecule has 0 amide bonds. The van der Waals surface area contributed by atoms with Crippen molar-refractivity contribution >= 4 is 23.6 Å². The Balaban J connectivity index is 0. The van der Waals surface area contributed by atoms with Gasteiger partial charge in [0.05, 0.1) is 0 Å². The van der Waals surface area contributed by atoms with Crippen LogP contribution in [0, 0.1) is 0 Å². The Labute approximate surface area is 85.3 Å². The van der Waals surface area contributed by atoms with E-state index in [0.29, 0.717) is 0 Å². The van der Waals surface area contributed by atoms with Gasteiger partial charge >= 0.3 is 0 Å². The van der Waals surface area contributed by atoms with Gasteiger partial charge in [-0.05, 0) is 19.6 Å². The molecule has 0 aliphatic rings. The van der Waals surface area contributed by atoms with Gasteiger partial charge in [-0.1, -0.05) is 19.6 Å². The maximum atomic E-state index is 11.5. The van der Waals surface area contributed by atoms with Crippen molar-refractivity contribution in [3.05, 3.63) is 13.2 Å². The third kappa shape index (κ3) is 10.3. The molecule has 0 aliphatic heterocycles. The molecule has 0 rings (SSSR count). The lowest BCUT2D eigenvalue weighted by atomic mass is 11.3. The molecule has 2 nitrogen and oxygen atoms in total. The van der Waals surface area contributed by atoms with Crippen molar-refractivity contribution in [2.45, 2.75) is 39.3 Å². The lowest BCUT2D eigenvalue weighted by Crippen LogP contribution is -2.26. The standard InChI is InChI=1S/C6H19O2PSi2.C2H4/c1-10(2,3)8-9(7)11(4,5)6;1-2/h9H,1-6H3;1-2H2. The van der Waals surface area contributed by atoms with Crippen LogP contribution < -0.4 is 0 Å². The van der Waals surface area contributed by atoms with Gasteiger partial charge in [0.15, 0.2) is 15.9 Å². The highest BCUT2D eigenvalue weighted by Gasteiger charge is 2.28. The van der Waals surface area contributed by atoms with Crippen molar-refractivity contribution in [2.24, 2.45) is 0 Å². The fourth-order valence-corrected chi connectivity index (χ4v) is 9.39. The second-order valence-corrected chi connectivity index (χ2v) is 20.6. The van der Waals surface area contributed by atoms with Crippen LogP contribution in [-0.4, -0.2) is 16.1 Å². The third-order valence-corrected chi connectivity index (χ3v) is 10.0. The summed E-state index contributed by atoms with van der Waals surface area (Å²) < 4.78 is 17.1. The number of hydrogen-bond donors (Lipinski definition) is 0. The van der Waals surface area contributed by atoms with E-state index in [2.05, 4.69) is 52.4 Å². The van der Waals surface area contributed by atoms with Crippen molar-refractivity contribution in [1.82, 2.24) is 0 Å². The van der Waals surface area contributed by atoms with E-state index in [1.807, 2.05) is 0 Å². The Morgan fingerprint density at radius 1 is 1.00 bits per heavy atom. The van der Waals surface area contributed by atoms with Crippen molar-refractivity contribution < 1.29 is 8.78 Å². The van der Waals surface area contributed by atoms with E-state index < -0.39 is 23.6 Å². The molecule has 1 unspecified atom stereocenters. The van der Waals surface area contributed by atoms with Crippen LogP contribution in [-0.2, 0) is 8.78 Å². The van der Waals surface area contributed by atoms with E-state index >= 15 is 0 Å². The molecule has 0 aliphatic carbocycles. The highest BCUT2D eigenvalue weighted by atomic mass is 31.4. The Morgan fingerprint density at radius 3 is 1.38 bits per heavy atom. The molecule has 80 valence electrons. The molecule has 0 heterocycles. The molecule has 0 spiro atoms. The van der Waals surface area contributed by atoms with Crippen molar-refractivity contribution in [1.29, 1.82) is 0 Å². The summed E-state index contributed by atoms with van der Waals surface area (Å²) in [5.74, 6) is 0. The van der Waals surface area contributed by atoms with Gasteiger partial charge in [-0.3, -0.25) is 0 Å². The van der Waals surface area contributed by atoms with Crippen LogP contribution in [0.1, 0.15) is 0 Å². The predicted octanol–water partition coefficient (Wildman–Crippen LogP) is 3.95. The van der Waals surface area contributed by atoms with Crippen molar-refractivity contribution in [2.75, 3.05) is 0 Å². The Bertz CT molecular complexity index is 170. The van der Waals surface area contributed by atoms with Gasteiger partial charge in [-0.2, -0.15) is 0 Å². The second kappa shape index (κ2) is 5.96. The van der Waals surface area contributed by atoms with Crippen LogP contribution in [0.4, 0.5) is 0 Å². The minimum absolute atomic E-state index is 1.51. The zero-order valence-corrected chi connectivity index (χ0v) is 12.7. The molecule has 0 aromatic heterocycles. The lowest BCUT2D eigenvalue weighted by molar-refractivity contribution is 0.517. The monoisotopic (exact) mass is 238 g/mol. The summed E-state index contributed by atoms with van der Waals surface area (Å²) in [5.41, 5.74) is 0. The molecule has 13 heavy (non-hydrogen) atoms. The van der Waals surface area contributed by atoms with Crippen LogP contribution in [0.5, 0.6) is 0 Å². The fourth-order valence-electron chi connectivity index (χ4n) is 0.431. The molecule has 0 fully saturated rings. The van der Waals surface area contributed by atoms with E-state index in [9.17, 15) is 4.57 Å². The Morgan fingerprint density at radius 2 is 1.31 bits per heavy atom. The zero-order chi connectivity index (χ0) is 11.3. The Kier molecular flexibility index (Phi) is 7.26. The lowest BCUT2D eigenvalue weighted by Gasteiger charge is -2.23. The highest BCUT2D eigenvalue weighted by Crippen LogP contribution is 2.38. The minimum Gasteiger partial charge on any atom is -0.376 e. The van der Waals surface area contributed by atoms with E-state index in [1.54, 1.807) is 0 Å². The first-order chi connectivity index (χ1) is 5.63. The maximum absolute atomic E-state index is 11.5. The second-order valence-electron chi connectivity index (χ2n) is 4.75. The third-order valence-electron chi connectivity index (χ3n) is 1.01. The molecular weight excluding hydrogens is 215 g/mol. The van der Waals surface area contributed by atoms with Gasteiger partial charge in [-0.15, -0.1) is 13.2 Å². The van der Waals surface area contributed by atoms with Crippen LogP contribution in [0.25, 0.3) is 0 Å². The summed E-state index contributed by atoms with van der Waals surface area (Å²) in [7, 11) is -4.79. The quantitative estimate of drug-likeness (QED) is 0.423. The molecule has 0 aromatic rings. The Hall–Kier alpha value is 0.364. The predicted molar refractivity (Wildman–Crippen MR) is 68.0 cm³/mol. The smallest absolute Gasteiger partial charge is 0.191 e. The molecule has 0 saturated carbocycles. The zero-order valence-electron chi connectivity index (χ0n) is 9.73. The van der Waals surface area contributed by atoms with Crippen LogP contribution in [0.2, 0.25) is 39.3 Å². The molecule has 0 aromatic carbocycles. The van der Waals surface area contributed by atoms with E-state index in [0.717, 1.165) is 0 Å². The average molecular weight is 238 g/mol. The van der Waals surface area contributed by atoms with Gasteiger partial charge in [0.2, 0.25) is 0 Å². The topological polar surface area (TPSA) is 26.3 Å². The summed E-state index contributed by atoms with van der Waals surface area (Å²) in [5, 5.41) is 0. The first kappa shape index (κ1) is 15.8. The molecule has 0 N–H and O–H groups in total. The van der Waals surface area contributed by atoms with Gasteiger partial charge in [0, 0.05) is 0 Å². The number of rotatable bonds is 3. The molecule has 0 bridgehead atoms. The average Bonchev–Trinajstić information content (AvgIpc) is 1.86. The van der Waals surface area contributed by atoms with Crippen LogP contribution >= 0.6 is 7.58 Å². The molecule has 1 atom stereocenters. The van der Waals surface area contributed by atoms with Crippen molar-refractivity contribution in [3.8, 4) is 0 Å².